The molecule has 82 valence electrons. The molecule has 4 atom stereocenters. The van der Waals surface area contributed by atoms with E-state index in [2.05, 4.69) is 12.2 Å². The zero-order chi connectivity index (χ0) is 9.97. The lowest BCUT2D eigenvalue weighted by Gasteiger charge is -2.24. The van der Waals surface area contributed by atoms with Crippen LogP contribution in [0.5, 0.6) is 0 Å². The molecule has 2 aliphatic rings. The van der Waals surface area contributed by atoms with Crippen molar-refractivity contribution in [3.05, 3.63) is 0 Å². The van der Waals surface area contributed by atoms with Crippen LogP contribution >= 0.6 is 0 Å². The van der Waals surface area contributed by atoms with Crippen LogP contribution < -0.4 is 5.32 Å². The Hall–Kier alpha value is -0.160. The number of rotatable bonds is 3. The van der Waals surface area contributed by atoms with Crippen LogP contribution in [0.15, 0.2) is 0 Å². The maximum atomic E-state index is 9.55. The number of aliphatic hydroxyl groups excluding tert-OH is 1. The van der Waals surface area contributed by atoms with E-state index in [9.17, 15) is 5.11 Å². The lowest BCUT2D eigenvalue weighted by Crippen LogP contribution is -2.48. The van der Waals surface area contributed by atoms with Gasteiger partial charge in [0.15, 0.2) is 0 Å². The monoisotopic (exact) mass is 201 g/mol. The van der Waals surface area contributed by atoms with E-state index in [0.29, 0.717) is 25.4 Å². The van der Waals surface area contributed by atoms with Gasteiger partial charge in [0, 0.05) is 12.6 Å². The van der Waals surface area contributed by atoms with Gasteiger partial charge in [0.1, 0.15) is 0 Å². The third-order valence-corrected chi connectivity index (χ3v) is 3.05. The predicted octanol–water partition coefficient (Wildman–Crippen LogP) is -0.0968. The molecule has 0 bridgehead atoms. The molecule has 0 saturated carbocycles. The standard InChI is InChI=1S/C10H19NO3/c1-7(10-3-2-4-14-10)11-8-5-13-6-9(8)12/h7-12H,2-6H2,1H3. The molecule has 2 fully saturated rings. The van der Waals surface area contributed by atoms with E-state index in [1.165, 1.54) is 0 Å². The van der Waals surface area contributed by atoms with Gasteiger partial charge >= 0.3 is 0 Å². The van der Waals surface area contributed by atoms with Crippen LogP contribution in [0.1, 0.15) is 19.8 Å². The highest BCUT2D eigenvalue weighted by Gasteiger charge is 2.30. The summed E-state index contributed by atoms with van der Waals surface area (Å²) in [5.41, 5.74) is 0. The van der Waals surface area contributed by atoms with Crippen molar-refractivity contribution in [3.63, 3.8) is 0 Å². The molecule has 0 amide bonds. The minimum Gasteiger partial charge on any atom is -0.389 e. The summed E-state index contributed by atoms with van der Waals surface area (Å²) >= 11 is 0. The van der Waals surface area contributed by atoms with Gasteiger partial charge in [-0.2, -0.15) is 0 Å². The summed E-state index contributed by atoms with van der Waals surface area (Å²) in [5, 5.41) is 12.9. The molecule has 4 heteroatoms. The van der Waals surface area contributed by atoms with Crippen molar-refractivity contribution in [1.82, 2.24) is 5.32 Å². The highest BCUT2D eigenvalue weighted by Crippen LogP contribution is 2.17. The van der Waals surface area contributed by atoms with Gasteiger partial charge in [0.2, 0.25) is 0 Å². The summed E-state index contributed by atoms with van der Waals surface area (Å²) in [6, 6.07) is 0.382. The summed E-state index contributed by atoms with van der Waals surface area (Å²) in [4.78, 5) is 0. The minimum atomic E-state index is -0.362. The second-order valence-corrected chi connectivity index (χ2v) is 4.22. The zero-order valence-electron chi connectivity index (χ0n) is 8.61. The van der Waals surface area contributed by atoms with E-state index in [1.807, 2.05) is 0 Å². The number of aliphatic hydroxyl groups is 1. The summed E-state index contributed by atoms with van der Waals surface area (Å²) in [5.74, 6) is 0. The number of ether oxygens (including phenoxy) is 2. The van der Waals surface area contributed by atoms with Crippen molar-refractivity contribution in [2.24, 2.45) is 0 Å². The van der Waals surface area contributed by atoms with Crippen molar-refractivity contribution >= 4 is 0 Å². The van der Waals surface area contributed by atoms with Crippen LogP contribution in [-0.4, -0.2) is 49.2 Å². The van der Waals surface area contributed by atoms with E-state index in [1.54, 1.807) is 0 Å². The van der Waals surface area contributed by atoms with Gasteiger partial charge in [-0.1, -0.05) is 0 Å². The summed E-state index contributed by atoms with van der Waals surface area (Å²) in [6.45, 7) is 4.05. The average Bonchev–Trinajstić information content (AvgIpc) is 2.77. The third kappa shape index (κ3) is 2.25. The van der Waals surface area contributed by atoms with Gasteiger partial charge in [-0.05, 0) is 19.8 Å². The second kappa shape index (κ2) is 4.57. The first kappa shape index (κ1) is 10.4. The largest absolute Gasteiger partial charge is 0.389 e. The molecular weight excluding hydrogens is 182 g/mol. The first-order valence-corrected chi connectivity index (χ1v) is 5.41. The topological polar surface area (TPSA) is 50.7 Å². The molecule has 2 rings (SSSR count). The average molecular weight is 201 g/mol. The third-order valence-electron chi connectivity index (χ3n) is 3.05. The fourth-order valence-corrected chi connectivity index (χ4v) is 2.14. The molecular formula is C10H19NO3. The van der Waals surface area contributed by atoms with Crippen molar-refractivity contribution in [3.8, 4) is 0 Å². The molecule has 2 heterocycles. The second-order valence-electron chi connectivity index (χ2n) is 4.22. The number of nitrogens with one attached hydrogen (secondary N) is 1. The van der Waals surface area contributed by atoms with E-state index in [0.717, 1.165) is 19.4 Å². The smallest absolute Gasteiger partial charge is 0.0948 e. The maximum absolute atomic E-state index is 9.55. The van der Waals surface area contributed by atoms with Crippen molar-refractivity contribution in [2.45, 2.75) is 44.1 Å². The molecule has 0 spiro atoms. The fourth-order valence-electron chi connectivity index (χ4n) is 2.14. The SMILES string of the molecule is CC(NC1COCC1O)C1CCCO1. The maximum Gasteiger partial charge on any atom is 0.0948 e. The lowest BCUT2D eigenvalue weighted by atomic mass is 10.1. The summed E-state index contributed by atoms with van der Waals surface area (Å²) in [7, 11) is 0. The van der Waals surface area contributed by atoms with Crippen molar-refractivity contribution < 1.29 is 14.6 Å². The Balaban J connectivity index is 1.78. The van der Waals surface area contributed by atoms with Crippen LogP contribution in [0.3, 0.4) is 0 Å². The predicted molar refractivity (Wildman–Crippen MR) is 52.2 cm³/mol. The lowest BCUT2D eigenvalue weighted by molar-refractivity contribution is 0.0705. The quantitative estimate of drug-likeness (QED) is 0.669. The Bertz CT molecular complexity index is 182. The van der Waals surface area contributed by atoms with Crippen LogP contribution in [0.4, 0.5) is 0 Å². The molecule has 2 saturated heterocycles. The van der Waals surface area contributed by atoms with Gasteiger partial charge < -0.3 is 19.9 Å². The minimum absolute atomic E-state index is 0.0780. The molecule has 4 nitrogen and oxygen atoms in total. The highest BCUT2D eigenvalue weighted by molar-refractivity contribution is 4.86. The van der Waals surface area contributed by atoms with Crippen LogP contribution in [0.25, 0.3) is 0 Å². The van der Waals surface area contributed by atoms with E-state index in [4.69, 9.17) is 9.47 Å². The highest BCUT2D eigenvalue weighted by atomic mass is 16.5. The molecule has 0 aromatic carbocycles. The molecule has 4 unspecified atom stereocenters. The van der Waals surface area contributed by atoms with E-state index < -0.39 is 0 Å². The molecule has 0 radical (unpaired) electrons. The number of hydrogen-bond donors (Lipinski definition) is 2. The molecule has 14 heavy (non-hydrogen) atoms. The van der Waals surface area contributed by atoms with Gasteiger partial charge in [-0.15, -0.1) is 0 Å². The summed E-state index contributed by atoms with van der Waals surface area (Å²) in [6.07, 6.45) is 2.22. The van der Waals surface area contributed by atoms with E-state index >= 15 is 0 Å². The molecule has 2 N–H and O–H groups in total. The Morgan fingerprint density at radius 2 is 2.29 bits per heavy atom. The molecule has 2 aliphatic heterocycles. The van der Waals surface area contributed by atoms with Gasteiger partial charge in [-0.3, -0.25) is 0 Å². The van der Waals surface area contributed by atoms with Crippen LogP contribution in [-0.2, 0) is 9.47 Å². The Kier molecular flexibility index (Phi) is 3.38. The summed E-state index contributed by atoms with van der Waals surface area (Å²) < 4.78 is 10.8. The molecule has 0 aromatic heterocycles. The fraction of sp³-hybridized carbons (Fsp3) is 1.00. The molecule has 0 aliphatic carbocycles. The molecule has 0 aromatic rings. The van der Waals surface area contributed by atoms with Gasteiger partial charge in [0.05, 0.1) is 31.5 Å². The Labute approximate surface area is 84.6 Å². The van der Waals surface area contributed by atoms with Crippen molar-refractivity contribution in [2.75, 3.05) is 19.8 Å². The van der Waals surface area contributed by atoms with Gasteiger partial charge in [0.25, 0.3) is 0 Å². The first-order valence-electron chi connectivity index (χ1n) is 5.41. The first-order chi connectivity index (χ1) is 6.77. The zero-order valence-corrected chi connectivity index (χ0v) is 8.61. The number of hydrogen-bond acceptors (Lipinski definition) is 4. The van der Waals surface area contributed by atoms with Gasteiger partial charge in [-0.25, -0.2) is 0 Å². The normalized spacial score (nSPS) is 40.3. The Morgan fingerprint density at radius 3 is 2.86 bits per heavy atom. The van der Waals surface area contributed by atoms with Crippen LogP contribution in [0, 0.1) is 0 Å². The van der Waals surface area contributed by atoms with Crippen LogP contribution in [0.2, 0.25) is 0 Å². The van der Waals surface area contributed by atoms with E-state index in [-0.39, 0.29) is 12.1 Å². The van der Waals surface area contributed by atoms with Crippen molar-refractivity contribution in [1.29, 1.82) is 0 Å². The Morgan fingerprint density at radius 1 is 1.43 bits per heavy atom.